The first-order chi connectivity index (χ1) is 12.0. The van der Waals surface area contributed by atoms with Gasteiger partial charge in [-0.2, -0.15) is 0 Å². The smallest absolute Gasteiger partial charge is 0.494 e. The van der Waals surface area contributed by atoms with Crippen LogP contribution >= 0.6 is 11.8 Å². The monoisotopic (exact) mass is 361 g/mol. The number of nitrogens with zero attached hydrogens (tertiary/aromatic N) is 1. The van der Waals surface area contributed by atoms with Crippen molar-refractivity contribution in [3.05, 3.63) is 47.3 Å². The number of carboxylic acid groups (broad SMARTS) is 1. The fourth-order valence-corrected chi connectivity index (χ4v) is 3.72. The topological polar surface area (TPSA) is 77.8 Å². The fourth-order valence-electron chi connectivity index (χ4n) is 3.08. The predicted molar refractivity (Wildman–Crippen MR) is 93.7 cm³/mol. The van der Waals surface area contributed by atoms with Crippen molar-refractivity contribution in [2.75, 3.05) is 12.9 Å². The SMILES string of the molecule is CCOc1ccc(C(=O)c2c(SC)cc3n2CCC3OC(=O)O)cc1. The van der Waals surface area contributed by atoms with E-state index in [4.69, 9.17) is 14.6 Å². The van der Waals surface area contributed by atoms with Crippen molar-refractivity contribution in [3.8, 4) is 5.75 Å². The van der Waals surface area contributed by atoms with Crippen molar-refractivity contribution >= 4 is 23.7 Å². The van der Waals surface area contributed by atoms with Crippen LogP contribution in [-0.2, 0) is 11.3 Å². The van der Waals surface area contributed by atoms with Gasteiger partial charge in [0.2, 0.25) is 5.78 Å². The Balaban J connectivity index is 1.94. The van der Waals surface area contributed by atoms with Crippen LogP contribution in [-0.4, -0.2) is 34.5 Å². The third-order valence-corrected chi connectivity index (χ3v) is 4.90. The molecule has 0 bridgehead atoms. The molecule has 1 atom stereocenters. The molecule has 0 fully saturated rings. The molecule has 6 nitrogen and oxygen atoms in total. The number of ether oxygens (including phenoxy) is 2. The zero-order chi connectivity index (χ0) is 18.0. The molecule has 0 radical (unpaired) electrons. The summed E-state index contributed by atoms with van der Waals surface area (Å²) in [5, 5.41) is 8.87. The van der Waals surface area contributed by atoms with Gasteiger partial charge < -0.3 is 19.1 Å². The van der Waals surface area contributed by atoms with Crippen LogP contribution in [0.3, 0.4) is 0 Å². The van der Waals surface area contributed by atoms with Gasteiger partial charge in [0, 0.05) is 23.4 Å². The summed E-state index contributed by atoms with van der Waals surface area (Å²) in [6.45, 7) is 3.04. The van der Waals surface area contributed by atoms with Gasteiger partial charge in [-0.05, 0) is 43.5 Å². The quantitative estimate of drug-likeness (QED) is 0.476. The van der Waals surface area contributed by atoms with Crippen LogP contribution in [0.5, 0.6) is 5.75 Å². The van der Waals surface area contributed by atoms with Gasteiger partial charge in [0.05, 0.1) is 12.3 Å². The fraction of sp³-hybridized carbons (Fsp3) is 0.333. The molecule has 0 spiro atoms. The van der Waals surface area contributed by atoms with E-state index in [1.54, 1.807) is 24.3 Å². The van der Waals surface area contributed by atoms with Crippen LogP contribution in [0.25, 0.3) is 0 Å². The van der Waals surface area contributed by atoms with Gasteiger partial charge in [-0.1, -0.05) is 0 Å². The van der Waals surface area contributed by atoms with Gasteiger partial charge >= 0.3 is 6.16 Å². The molecule has 0 aliphatic carbocycles. The molecule has 1 aromatic heterocycles. The summed E-state index contributed by atoms with van der Waals surface area (Å²) in [5.41, 5.74) is 1.89. The Morgan fingerprint density at radius 1 is 1.32 bits per heavy atom. The van der Waals surface area contributed by atoms with Gasteiger partial charge in [0.1, 0.15) is 17.5 Å². The van der Waals surface area contributed by atoms with Crippen LogP contribution in [0, 0.1) is 0 Å². The highest BCUT2D eigenvalue weighted by Gasteiger charge is 2.32. The average Bonchev–Trinajstić information content (AvgIpc) is 3.14. The number of ketones is 1. The number of benzene rings is 1. The lowest BCUT2D eigenvalue weighted by Gasteiger charge is -2.09. The molecular formula is C18H19NO5S. The summed E-state index contributed by atoms with van der Waals surface area (Å²) in [5.74, 6) is 0.633. The van der Waals surface area contributed by atoms with Gasteiger partial charge in [0.15, 0.2) is 0 Å². The number of rotatable bonds is 6. The number of thioether (sulfide) groups is 1. The van der Waals surface area contributed by atoms with E-state index in [1.165, 1.54) is 11.8 Å². The summed E-state index contributed by atoms with van der Waals surface area (Å²) < 4.78 is 12.2. The van der Waals surface area contributed by atoms with E-state index < -0.39 is 12.3 Å². The molecule has 1 unspecified atom stereocenters. The lowest BCUT2D eigenvalue weighted by atomic mass is 10.1. The van der Waals surface area contributed by atoms with Gasteiger partial charge in [-0.15, -0.1) is 11.8 Å². The second kappa shape index (κ2) is 7.23. The van der Waals surface area contributed by atoms with Crippen molar-refractivity contribution in [1.29, 1.82) is 0 Å². The number of hydrogen-bond acceptors (Lipinski definition) is 5. The van der Waals surface area contributed by atoms with Crippen LogP contribution in [0.4, 0.5) is 4.79 Å². The van der Waals surface area contributed by atoms with Crippen LogP contribution in [0.2, 0.25) is 0 Å². The highest BCUT2D eigenvalue weighted by molar-refractivity contribution is 7.98. The van der Waals surface area contributed by atoms with Crippen molar-refractivity contribution in [3.63, 3.8) is 0 Å². The van der Waals surface area contributed by atoms with E-state index in [1.807, 2.05) is 23.8 Å². The first-order valence-corrected chi connectivity index (χ1v) is 9.22. The number of aromatic nitrogens is 1. The largest absolute Gasteiger partial charge is 0.506 e. The van der Waals surface area contributed by atoms with Crippen molar-refractivity contribution in [2.45, 2.75) is 30.9 Å². The number of hydrogen-bond donors (Lipinski definition) is 1. The van der Waals surface area contributed by atoms with Crippen molar-refractivity contribution < 1.29 is 24.2 Å². The maximum absolute atomic E-state index is 13.0. The Morgan fingerprint density at radius 2 is 2.04 bits per heavy atom. The molecule has 1 aliphatic rings. The Morgan fingerprint density at radius 3 is 2.64 bits per heavy atom. The maximum atomic E-state index is 13.0. The molecule has 0 amide bonds. The first kappa shape index (κ1) is 17.4. The van der Waals surface area contributed by atoms with Gasteiger partial charge in [0.25, 0.3) is 0 Å². The molecule has 132 valence electrons. The molecule has 7 heteroatoms. The lowest BCUT2D eigenvalue weighted by molar-refractivity contribution is 0.0518. The lowest BCUT2D eigenvalue weighted by Crippen LogP contribution is -2.10. The van der Waals surface area contributed by atoms with E-state index in [0.29, 0.717) is 30.8 Å². The van der Waals surface area contributed by atoms with Crippen molar-refractivity contribution in [2.24, 2.45) is 0 Å². The summed E-state index contributed by atoms with van der Waals surface area (Å²) in [6, 6.07) is 8.90. The molecule has 2 heterocycles. The minimum absolute atomic E-state index is 0.0883. The third-order valence-electron chi connectivity index (χ3n) is 4.14. The molecule has 1 aliphatic heterocycles. The molecule has 0 saturated carbocycles. The van der Waals surface area contributed by atoms with Gasteiger partial charge in [-0.25, -0.2) is 4.79 Å². The van der Waals surface area contributed by atoms with E-state index in [2.05, 4.69) is 0 Å². The molecule has 3 rings (SSSR count). The normalized spacial score (nSPS) is 15.7. The molecule has 1 N–H and O–H groups in total. The minimum atomic E-state index is -1.30. The number of carbonyl (C=O) groups is 2. The third kappa shape index (κ3) is 3.37. The second-order valence-corrected chi connectivity index (χ2v) is 6.43. The summed E-state index contributed by atoms with van der Waals surface area (Å²) in [6.07, 6.45) is 0.613. The van der Waals surface area contributed by atoms with Crippen molar-refractivity contribution in [1.82, 2.24) is 4.57 Å². The van der Waals surface area contributed by atoms with E-state index in [9.17, 15) is 9.59 Å². The molecular weight excluding hydrogens is 342 g/mol. The number of fused-ring (bicyclic) bond motifs is 1. The molecule has 0 saturated heterocycles. The van der Waals surface area contributed by atoms with Gasteiger partial charge in [-0.3, -0.25) is 4.79 Å². The molecule has 25 heavy (non-hydrogen) atoms. The summed E-state index contributed by atoms with van der Waals surface area (Å²) in [4.78, 5) is 24.7. The summed E-state index contributed by atoms with van der Waals surface area (Å²) in [7, 11) is 0. The average molecular weight is 361 g/mol. The highest BCUT2D eigenvalue weighted by atomic mass is 32.2. The summed E-state index contributed by atoms with van der Waals surface area (Å²) >= 11 is 1.47. The Hall–Kier alpha value is -2.41. The van der Waals surface area contributed by atoms with Crippen LogP contribution < -0.4 is 4.74 Å². The Labute approximate surface area is 149 Å². The Kier molecular flexibility index (Phi) is 5.03. The molecule has 1 aromatic carbocycles. The standard InChI is InChI=1S/C18H19NO5S/c1-3-23-12-6-4-11(5-7-12)17(20)16-15(25-2)10-13-14(24-18(21)22)8-9-19(13)16/h4-7,10,14H,3,8-9H2,1-2H3,(H,21,22). The van der Waals surface area contributed by atoms with Crippen LogP contribution in [0.1, 0.15) is 41.2 Å². The van der Waals surface area contributed by atoms with Crippen LogP contribution in [0.15, 0.2) is 35.2 Å². The first-order valence-electron chi connectivity index (χ1n) is 7.99. The minimum Gasteiger partial charge on any atom is -0.494 e. The highest BCUT2D eigenvalue weighted by Crippen LogP contribution is 2.37. The zero-order valence-corrected chi connectivity index (χ0v) is 14.8. The van der Waals surface area contributed by atoms with E-state index in [-0.39, 0.29) is 5.78 Å². The number of carbonyl (C=O) groups excluding carboxylic acids is 1. The second-order valence-electron chi connectivity index (χ2n) is 5.59. The maximum Gasteiger partial charge on any atom is 0.506 e. The Bertz CT molecular complexity index is 797. The zero-order valence-electron chi connectivity index (χ0n) is 14.0. The molecule has 2 aromatic rings. The van der Waals surface area contributed by atoms with E-state index in [0.717, 1.165) is 16.3 Å². The van der Waals surface area contributed by atoms with E-state index >= 15 is 0 Å². The predicted octanol–water partition coefficient (Wildman–Crippen LogP) is 3.98.